The van der Waals surface area contributed by atoms with Crippen LogP contribution < -0.4 is 15.4 Å². The molecule has 6 nitrogen and oxygen atoms in total. The summed E-state index contributed by atoms with van der Waals surface area (Å²) in [5.41, 5.74) is 0.678. The van der Waals surface area contributed by atoms with Gasteiger partial charge in [-0.3, -0.25) is 0 Å². The van der Waals surface area contributed by atoms with Gasteiger partial charge in [0, 0.05) is 12.2 Å². The van der Waals surface area contributed by atoms with Crippen molar-refractivity contribution in [1.82, 2.24) is 15.0 Å². The number of hydrogen-bond acceptors (Lipinski definition) is 6. The van der Waals surface area contributed by atoms with Gasteiger partial charge < -0.3 is 15.4 Å². The van der Waals surface area contributed by atoms with Crippen molar-refractivity contribution >= 4 is 17.6 Å². The summed E-state index contributed by atoms with van der Waals surface area (Å²) in [5.74, 6) is 0.445. The first kappa shape index (κ1) is 13.0. The Morgan fingerprint density at radius 1 is 1.11 bits per heavy atom. The van der Waals surface area contributed by atoms with E-state index in [2.05, 4.69) is 25.6 Å². The third-order valence-corrected chi connectivity index (χ3v) is 2.23. The van der Waals surface area contributed by atoms with E-state index in [1.807, 2.05) is 6.92 Å². The Labute approximate surface area is 110 Å². The Morgan fingerprint density at radius 2 is 1.79 bits per heavy atom. The summed E-state index contributed by atoms with van der Waals surface area (Å²) < 4.78 is 17.8. The molecule has 0 saturated carbocycles. The van der Waals surface area contributed by atoms with Gasteiger partial charge in [-0.1, -0.05) is 0 Å². The minimum absolute atomic E-state index is 0.204. The van der Waals surface area contributed by atoms with Gasteiger partial charge in [0.1, 0.15) is 5.82 Å². The van der Waals surface area contributed by atoms with Gasteiger partial charge in [-0.15, -0.1) is 0 Å². The smallest absolute Gasteiger partial charge is 0.322 e. The molecular weight excluding hydrogens is 249 g/mol. The highest BCUT2D eigenvalue weighted by atomic mass is 19.1. The number of methoxy groups -OCH3 is 1. The normalized spacial score (nSPS) is 10.1. The van der Waals surface area contributed by atoms with Gasteiger partial charge in [-0.25, -0.2) is 4.39 Å². The molecule has 0 aliphatic heterocycles. The van der Waals surface area contributed by atoms with Crippen LogP contribution in [0.5, 0.6) is 6.01 Å². The number of anilines is 3. The van der Waals surface area contributed by atoms with E-state index < -0.39 is 0 Å². The van der Waals surface area contributed by atoms with E-state index in [4.69, 9.17) is 4.74 Å². The third kappa shape index (κ3) is 3.51. The molecule has 0 amide bonds. The summed E-state index contributed by atoms with van der Waals surface area (Å²) in [6, 6.07) is 6.10. The van der Waals surface area contributed by atoms with Crippen molar-refractivity contribution in [3.8, 4) is 6.01 Å². The van der Waals surface area contributed by atoms with Gasteiger partial charge in [-0.05, 0) is 31.2 Å². The second-order valence-electron chi connectivity index (χ2n) is 3.63. The van der Waals surface area contributed by atoms with E-state index in [9.17, 15) is 4.39 Å². The van der Waals surface area contributed by atoms with Crippen LogP contribution in [0.2, 0.25) is 0 Å². The van der Waals surface area contributed by atoms with E-state index in [0.717, 1.165) is 0 Å². The van der Waals surface area contributed by atoms with Gasteiger partial charge in [-0.2, -0.15) is 15.0 Å². The Bertz CT molecular complexity index is 546. The highest BCUT2D eigenvalue weighted by Gasteiger charge is 2.06. The molecule has 1 aromatic carbocycles. The predicted octanol–water partition coefficient (Wildman–Crippen LogP) is 2.19. The fourth-order valence-electron chi connectivity index (χ4n) is 1.40. The molecule has 0 spiro atoms. The number of aromatic nitrogens is 3. The van der Waals surface area contributed by atoms with Crippen LogP contribution in [0.3, 0.4) is 0 Å². The lowest BCUT2D eigenvalue weighted by atomic mass is 10.3. The number of halogens is 1. The van der Waals surface area contributed by atoms with Crippen LogP contribution in [0, 0.1) is 5.82 Å². The quantitative estimate of drug-likeness (QED) is 0.861. The van der Waals surface area contributed by atoms with Crippen molar-refractivity contribution in [3.63, 3.8) is 0 Å². The molecule has 0 radical (unpaired) electrons. The number of nitrogens with one attached hydrogen (secondary N) is 2. The van der Waals surface area contributed by atoms with Crippen LogP contribution in [-0.4, -0.2) is 28.6 Å². The van der Waals surface area contributed by atoms with Crippen LogP contribution in [0.4, 0.5) is 22.0 Å². The third-order valence-electron chi connectivity index (χ3n) is 2.23. The molecule has 1 heterocycles. The Morgan fingerprint density at radius 3 is 2.42 bits per heavy atom. The molecule has 0 aliphatic carbocycles. The first-order valence-corrected chi connectivity index (χ1v) is 5.78. The maximum Gasteiger partial charge on any atom is 0.322 e. The number of benzene rings is 1. The fourth-order valence-corrected chi connectivity index (χ4v) is 1.40. The number of nitrogens with zero attached hydrogens (tertiary/aromatic N) is 3. The van der Waals surface area contributed by atoms with Crippen molar-refractivity contribution < 1.29 is 9.13 Å². The molecule has 2 aromatic rings. The van der Waals surface area contributed by atoms with E-state index in [0.29, 0.717) is 24.1 Å². The van der Waals surface area contributed by atoms with Gasteiger partial charge >= 0.3 is 6.01 Å². The van der Waals surface area contributed by atoms with Crippen molar-refractivity contribution in [3.05, 3.63) is 30.1 Å². The van der Waals surface area contributed by atoms with Crippen molar-refractivity contribution in [1.29, 1.82) is 0 Å². The minimum Gasteiger partial charge on any atom is -0.467 e. The lowest BCUT2D eigenvalue weighted by Crippen LogP contribution is -2.07. The van der Waals surface area contributed by atoms with E-state index >= 15 is 0 Å². The monoisotopic (exact) mass is 263 g/mol. The molecule has 0 fully saturated rings. The average molecular weight is 263 g/mol. The summed E-state index contributed by atoms with van der Waals surface area (Å²) in [6.07, 6.45) is 0. The summed E-state index contributed by atoms with van der Waals surface area (Å²) in [5, 5.41) is 5.93. The van der Waals surface area contributed by atoms with Gasteiger partial charge in [0.2, 0.25) is 11.9 Å². The molecule has 0 bridgehead atoms. The highest BCUT2D eigenvalue weighted by molar-refractivity contribution is 5.54. The number of rotatable bonds is 5. The van der Waals surface area contributed by atoms with Crippen LogP contribution in [0.25, 0.3) is 0 Å². The standard InChI is InChI=1S/C12H14FN5O/c1-3-14-10-16-11(18-12(17-10)19-2)15-9-6-4-8(13)5-7-9/h4-7H,3H2,1-2H3,(H2,14,15,16,17,18). The van der Waals surface area contributed by atoms with Gasteiger partial charge in [0.25, 0.3) is 0 Å². The summed E-state index contributed by atoms with van der Waals surface area (Å²) >= 11 is 0. The lowest BCUT2D eigenvalue weighted by molar-refractivity contribution is 0.379. The Balaban J connectivity index is 2.23. The molecule has 100 valence electrons. The van der Waals surface area contributed by atoms with Crippen LogP contribution in [-0.2, 0) is 0 Å². The molecule has 2 rings (SSSR count). The first-order chi connectivity index (χ1) is 9.21. The zero-order valence-corrected chi connectivity index (χ0v) is 10.6. The van der Waals surface area contributed by atoms with Crippen molar-refractivity contribution in [2.45, 2.75) is 6.92 Å². The average Bonchev–Trinajstić information content (AvgIpc) is 2.41. The number of hydrogen-bond donors (Lipinski definition) is 2. The van der Waals surface area contributed by atoms with Gasteiger partial charge in [0.05, 0.1) is 7.11 Å². The van der Waals surface area contributed by atoms with Crippen LogP contribution >= 0.6 is 0 Å². The van der Waals surface area contributed by atoms with E-state index in [1.54, 1.807) is 12.1 Å². The van der Waals surface area contributed by atoms with Crippen molar-refractivity contribution in [2.24, 2.45) is 0 Å². The Hall–Kier alpha value is -2.44. The van der Waals surface area contributed by atoms with Gasteiger partial charge in [0.15, 0.2) is 0 Å². The zero-order valence-electron chi connectivity index (χ0n) is 10.6. The fraction of sp³-hybridized carbons (Fsp3) is 0.250. The second-order valence-corrected chi connectivity index (χ2v) is 3.63. The molecule has 0 atom stereocenters. The molecule has 2 N–H and O–H groups in total. The SMILES string of the molecule is CCNc1nc(Nc2ccc(F)cc2)nc(OC)n1. The zero-order chi connectivity index (χ0) is 13.7. The van der Waals surface area contributed by atoms with E-state index in [-0.39, 0.29) is 11.8 Å². The topological polar surface area (TPSA) is 72.0 Å². The van der Waals surface area contributed by atoms with E-state index in [1.165, 1.54) is 19.2 Å². The first-order valence-electron chi connectivity index (χ1n) is 5.78. The maximum absolute atomic E-state index is 12.8. The van der Waals surface area contributed by atoms with Crippen LogP contribution in [0.15, 0.2) is 24.3 Å². The molecule has 0 aliphatic rings. The molecule has 0 unspecified atom stereocenters. The maximum atomic E-state index is 12.8. The highest BCUT2D eigenvalue weighted by Crippen LogP contribution is 2.16. The largest absolute Gasteiger partial charge is 0.467 e. The molecule has 0 saturated heterocycles. The summed E-state index contributed by atoms with van der Waals surface area (Å²) in [4.78, 5) is 12.3. The Kier molecular flexibility index (Phi) is 4.07. The molecule has 1 aromatic heterocycles. The molecular formula is C12H14FN5O. The molecule has 7 heteroatoms. The molecule has 19 heavy (non-hydrogen) atoms. The second kappa shape index (κ2) is 5.94. The summed E-state index contributed by atoms with van der Waals surface area (Å²) in [7, 11) is 1.48. The summed E-state index contributed by atoms with van der Waals surface area (Å²) in [6.45, 7) is 2.62. The lowest BCUT2D eigenvalue weighted by Gasteiger charge is -2.08. The van der Waals surface area contributed by atoms with Crippen LogP contribution in [0.1, 0.15) is 6.92 Å². The predicted molar refractivity (Wildman–Crippen MR) is 70.2 cm³/mol. The number of ether oxygens (including phenoxy) is 1. The van der Waals surface area contributed by atoms with Crippen molar-refractivity contribution in [2.75, 3.05) is 24.3 Å². The minimum atomic E-state index is -0.299.